The van der Waals surface area contributed by atoms with Crippen LogP contribution in [0.5, 0.6) is 0 Å². The second-order valence-electron chi connectivity index (χ2n) is 11.0. The molecule has 2 aliphatic rings. The summed E-state index contributed by atoms with van der Waals surface area (Å²) in [5, 5.41) is 12.8. The first-order valence-electron chi connectivity index (χ1n) is 12.9. The fourth-order valence-electron chi connectivity index (χ4n) is 5.22. The van der Waals surface area contributed by atoms with Crippen molar-refractivity contribution in [1.29, 1.82) is 0 Å². The van der Waals surface area contributed by atoms with E-state index in [0.29, 0.717) is 19.1 Å². The molecule has 4 heterocycles. The number of piperidine rings is 1. The van der Waals surface area contributed by atoms with Crippen LogP contribution in [0.4, 0.5) is 10.6 Å². The van der Waals surface area contributed by atoms with Crippen molar-refractivity contribution < 1.29 is 9.53 Å². The van der Waals surface area contributed by atoms with Crippen molar-refractivity contribution in [2.75, 3.05) is 18.4 Å². The molecule has 1 unspecified atom stereocenters. The molecule has 188 valence electrons. The number of nitrogens with one attached hydrogen (secondary N) is 1. The lowest BCUT2D eigenvalue weighted by Gasteiger charge is -2.34. The summed E-state index contributed by atoms with van der Waals surface area (Å²) in [6.45, 7) is 7.05. The fourth-order valence-corrected chi connectivity index (χ4v) is 5.22. The summed E-state index contributed by atoms with van der Waals surface area (Å²) >= 11 is 0. The molecule has 5 rings (SSSR count). The van der Waals surface area contributed by atoms with Crippen LogP contribution in [0.25, 0.3) is 16.8 Å². The van der Waals surface area contributed by atoms with E-state index in [9.17, 15) is 4.79 Å². The van der Waals surface area contributed by atoms with Crippen LogP contribution in [-0.2, 0) is 11.8 Å². The summed E-state index contributed by atoms with van der Waals surface area (Å²) in [6, 6.07) is 2.59. The largest absolute Gasteiger partial charge is 0.444 e. The van der Waals surface area contributed by atoms with E-state index in [-0.39, 0.29) is 12.0 Å². The molecular formula is C26H37N7O2. The van der Waals surface area contributed by atoms with E-state index >= 15 is 0 Å². The van der Waals surface area contributed by atoms with Crippen molar-refractivity contribution >= 4 is 17.6 Å². The maximum Gasteiger partial charge on any atom is 0.410 e. The van der Waals surface area contributed by atoms with Gasteiger partial charge >= 0.3 is 6.09 Å². The topological polar surface area (TPSA) is 89.6 Å². The van der Waals surface area contributed by atoms with Gasteiger partial charge in [0.25, 0.3) is 0 Å². The summed E-state index contributed by atoms with van der Waals surface area (Å²) in [4.78, 5) is 19.7. The maximum atomic E-state index is 12.8. The molecule has 3 aromatic heterocycles. The van der Waals surface area contributed by atoms with Crippen LogP contribution in [0.15, 0.2) is 24.7 Å². The van der Waals surface area contributed by atoms with Crippen LogP contribution < -0.4 is 5.32 Å². The van der Waals surface area contributed by atoms with Gasteiger partial charge in [0.2, 0.25) is 0 Å². The first-order valence-corrected chi connectivity index (χ1v) is 12.9. The number of amides is 1. The third-order valence-corrected chi connectivity index (χ3v) is 6.96. The Morgan fingerprint density at radius 3 is 2.60 bits per heavy atom. The summed E-state index contributed by atoms with van der Waals surface area (Å²) in [5.41, 5.74) is 3.27. The number of nitrogens with zero attached hydrogens (tertiary/aromatic N) is 6. The summed E-state index contributed by atoms with van der Waals surface area (Å²) in [7, 11) is 1.91. The van der Waals surface area contributed by atoms with Gasteiger partial charge in [0.05, 0.1) is 18.1 Å². The van der Waals surface area contributed by atoms with E-state index in [4.69, 9.17) is 14.8 Å². The molecular weight excluding hydrogens is 442 g/mol. The first-order chi connectivity index (χ1) is 16.8. The Kier molecular flexibility index (Phi) is 6.42. The monoisotopic (exact) mass is 479 g/mol. The van der Waals surface area contributed by atoms with Crippen molar-refractivity contribution in [3.8, 4) is 11.1 Å². The molecule has 1 N–H and O–H groups in total. The molecule has 1 atom stereocenters. The van der Waals surface area contributed by atoms with E-state index in [1.807, 2.05) is 55.8 Å². The van der Waals surface area contributed by atoms with Crippen LogP contribution in [-0.4, -0.2) is 60.1 Å². The molecule has 0 bridgehead atoms. The Bertz CT molecular complexity index is 1190. The highest BCUT2D eigenvalue weighted by Crippen LogP contribution is 2.32. The standard InChI is InChI=1S/C26H37N7O2/c1-26(2,3)35-25(34)32-12-8-9-18(17-32)22-13-23(29-20-10-6-5-7-11-20)33-24(30-22)21(15-28-33)19-14-27-31(4)16-19/h13-16,18,20,29H,5-12,17H2,1-4H3. The predicted molar refractivity (Wildman–Crippen MR) is 135 cm³/mol. The molecule has 1 aliphatic carbocycles. The van der Waals surface area contributed by atoms with Crippen LogP contribution in [0, 0.1) is 0 Å². The number of hydrogen-bond donors (Lipinski definition) is 1. The SMILES string of the molecule is Cn1cc(-c2cnn3c(NC4CCCCC4)cc(C4CCCN(C(=O)OC(C)(C)C)C4)nc23)cn1. The van der Waals surface area contributed by atoms with Gasteiger partial charge < -0.3 is 15.0 Å². The van der Waals surface area contributed by atoms with Crippen molar-refractivity contribution in [3.05, 3.63) is 30.4 Å². The number of aryl methyl sites for hydroxylation is 1. The van der Waals surface area contributed by atoms with Gasteiger partial charge in [-0.3, -0.25) is 4.68 Å². The number of hydrogen-bond acceptors (Lipinski definition) is 6. The first kappa shape index (κ1) is 23.6. The molecule has 35 heavy (non-hydrogen) atoms. The summed E-state index contributed by atoms with van der Waals surface area (Å²) in [5.74, 6) is 1.12. The third-order valence-electron chi connectivity index (χ3n) is 6.96. The van der Waals surface area contributed by atoms with Gasteiger partial charge in [0, 0.05) is 55.5 Å². The molecule has 0 aromatic carbocycles. The smallest absolute Gasteiger partial charge is 0.410 e. The van der Waals surface area contributed by atoms with Gasteiger partial charge in [0.1, 0.15) is 11.4 Å². The molecule has 9 heteroatoms. The Hall–Kier alpha value is -3.10. The van der Waals surface area contributed by atoms with Crippen molar-refractivity contribution in [2.24, 2.45) is 7.05 Å². The molecule has 0 spiro atoms. The highest BCUT2D eigenvalue weighted by Gasteiger charge is 2.30. The van der Waals surface area contributed by atoms with Crippen molar-refractivity contribution in [2.45, 2.75) is 83.3 Å². The van der Waals surface area contributed by atoms with Crippen LogP contribution in [0.2, 0.25) is 0 Å². The molecule has 1 saturated heterocycles. The predicted octanol–water partition coefficient (Wildman–Crippen LogP) is 4.99. The number of carbonyl (C=O) groups is 1. The Morgan fingerprint density at radius 1 is 1.09 bits per heavy atom. The second-order valence-corrected chi connectivity index (χ2v) is 11.0. The average molecular weight is 480 g/mol. The number of aromatic nitrogens is 5. The van der Waals surface area contributed by atoms with E-state index < -0.39 is 5.60 Å². The van der Waals surface area contributed by atoms with Crippen LogP contribution in [0.1, 0.15) is 77.3 Å². The van der Waals surface area contributed by atoms with E-state index in [1.165, 1.54) is 32.1 Å². The molecule has 0 radical (unpaired) electrons. The van der Waals surface area contributed by atoms with Crippen molar-refractivity contribution in [1.82, 2.24) is 29.3 Å². The maximum absolute atomic E-state index is 12.8. The zero-order valence-electron chi connectivity index (χ0n) is 21.3. The lowest BCUT2D eigenvalue weighted by Crippen LogP contribution is -2.42. The average Bonchev–Trinajstić information content (AvgIpc) is 3.45. The zero-order chi connectivity index (χ0) is 24.6. The van der Waals surface area contributed by atoms with Gasteiger partial charge in [-0.2, -0.15) is 14.7 Å². The van der Waals surface area contributed by atoms with Gasteiger partial charge in [-0.25, -0.2) is 9.78 Å². The molecule has 2 fully saturated rings. The lowest BCUT2D eigenvalue weighted by molar-refractivity contribution is 0.0197. The minimum absolute atomic E-state index is 0.143. The Morgan fingerprint density at radius 2 is 1.89 bits per heavy atom. The second kappa shape index (κ2) is 9.51. The number of carbonyl (C=O) groups excluding carboxylic acids is 1. The van der Waals surface area contributed by atoms with E-state index in [0.717, 1.165) is 41.1 Å². The summed E-state index contributed by atoms with van der Waals surface area (Å²) in [6.07, 6.45) is 13.6. The normalized spacial score (nSPS) is 19.8. The minimum Gasteiger partial charge on any atom is -0.444 e. The third kappa shape index (κ3) is 5.28. The minimum atomic E-state index is -0.505. The van der Waals surface area contributed by atoms with E-state index in [2.05, 4.69) is 16.5 Å². The van der Waals surface area contributed by atoms with Crippen LogP contribution >= 0.6 is 0 Å². The number of anilines is 1. The Labute approximate surface area is 206 Å². The number of rotatable bonds is 4. The highest BCUT2D eigenvalue weighted by molar-refractivity contribution is 5.77. The van der Waals surface area contributed by atoms with Gasteiger partial charge in [-0.1, -0.05) is 19.3 Å². The molecule has 3 aromatic rings. The highest BCUT2D eigenvalue weighted by atomic mass is 16.6. The zero-order valence-corrected chi connectivity index (χ0v) is 21.3. The quantitative estimate of drug-likeness (QED) is 0.567. The van der Waals surface area contributed by atoms with E-state index in [1.54, 1.807) is 4.68 Å². The number of fused-ring (bicyclic) bond motifs is 1. The number of ether oxygens (including phenoxy) is 1. The molecule has 1 amide bonds. The van der Waals surface area contributed by atoms with Gasteiger partial charge in [-0.05, 0) is 46.5 Å². The number of likely N-dealkylation sites (tertiary alicyclic amines) is 1. The molecule has 9 nitrogen and oxygen atoms in total. The van der Waals surface area contributed by atoms with Gasteiger partial charge in [-0.15, -0.1) is 0 Å². The van der Waals surface area contributed by atoms with Crippen LogP contribution in [0.3, 0.4) is 0 Å². The fraction of sp³-hybridized carbons (Fsp3) is 0.615. The molecule has 1 aliphatic heterocycles. The van der Waals surface area contributed by atoms with Crippen molar-refractivity contribution in [3.63, 3.8) is 0 Å². The lowest BCUT2D eigenvalue weighted by atomic mass is 9.94. The molecule has 1 saturated carbocycles. The summed E-state index contributed by atoms with van der Waals surface area (Å²) < 4.78 is 9.37. The Balaban J connectivity index is 1.49. The van der Waals surface area contributed by atoms with Gasteiger partial charge in [0.15, 0.2) is 5.65 Å².